The molecule has 2 fully saturated rings. The summed E-state index contributed by atoms with van der Waals surface area (Å²) in [7, 11) is 3.36. The van der Waals surface area contributed by atoms with Crippen molar-refractivity contribution in [1.29, 1.82) is 0 Å². The fourth-order valence-electron chi connectivity index (χ4n) is 4.09. The van der Waals surface area contributed by atoms with Gasteiger partial charge in [-0.25, -0.2) is 0 Å². The van der Waals surface area contributed by atoms with Gasteiger partial charge in [0.2, 0.25) is 0 Å². The minimum absolute atomic E-state index is 0.0172. The first-order valence-corrected chi connectivity index (χ1v) is 8.43. The fraction of sp³-hybridized carbons (Fsp3) is 0.611. The van der Waals surface area contributed by atoms with Gasteiger partial charge in [0.15, 0.2) is 0 Å². The standard InChI is InChI=1S/C18H23F2NO4/c1-23-13-6-7-18(24-2)8-9-21(15(18)11-13)16(22)12-4-3-5-14(10-12)25-17(19)20/h3-5,10,13,15,17H,6-9,11H2,1-2H3. The van der Waals surface area contributed by atoms with E-state index in [2.05, 4.69) is 4.74 Å². The molecular formula is C18H23F2NO4. The lowest BCUT2D eigenvalue weighted by Crippen LogP contribution is -2.53. The van der Waals surface area contributed by atoms with Crippen molar-refractivity contribution in [2.24, 2.45) is 0 Å². The van der Waals surface area contributed by atoms with E-state index < -0.39 is 6.61 Å². The molecule has 0 radical (unpaired) electrons. The van der Waals surface area contributed by atoms with Gasteiger partial charge in [0, 0.05) is 26.3 Å². The third-order valence-corrected chi connectivity index (χ3v) is 5.44. The number of halogens is 2. The van der Waals surface area contributed by atoms with Crippen LogP contribution in [-0.4, -0.2) is 55.9 Å². The van der Waals surface area contributed by atoms with Crippen molar-refractivity contribution < 1.29 is 27.8 Å². The average molecular weight is 355 g/mol. The molecule has 0 spiro atoms. The molecule has 0 N–H and O–H groups in total. The molecule has 0 bridgehead atoms. The first-order valence-electron chi connectivity index (χ1n) is 8.43. The van der Waals surface area contributed by atoms with Gasteiger partial charge >= 0.3 is 6.61 Å². The monoisotopic (exact) mass is 355 g/mol. The van der Waals surface area contributed by atoms with E-state index in [1.165, 1.54) is 12.1 Å². The number of likely N-dealkylation sites (tertiary alicyclic amines) is 1. The van der Waals surface area contributed by atoms with Crippen LogP contribution in [0.2, 0.25) is 0 Å². The van der Waals surface area contributed by atoms with Gasteiger partial charge in [0.05, 0.1) is 17.7 Å². The van der Waals surface area contributed by atoms with Crippen LogP contribution in [0.3, 0.4) is 0 Å². The number of amides is 1. The SMILES string of the molecule is COC1CCC2(OC)CCN(C(=O)c3cccc(OC(F)F)c3)C2C1. The second-order valence-corrected chi connectivity index (χ2v) is 6.57. The predicted octanol–water partition coefficient (Wildman–Crippen LogP) is 3.09. The lowest BCUT2D eigenvalue weighted by atomic mass is 9.79. The molecule has 138 valence electrons. The number of benzene rings is 1. The predicted molar refractivity (Wildman–Crippen MR) is 86.9 cm³/mol. The lowest BCUT2D eigenvalue weighted by molar-refractivity contribution is -0.0893. The van der Waals surface area contributed by atoms with E-state index >= 15 is 0 Å². The third-order valence-electron chi connectivity index (χ3n) is 5.44. The van der Waals surface area contributed by atoms with Crippen molar-refractivity contribution >= 4 is 5.91 Å². The maximum Gasteiger partial charge on any atom is 0.387 e. The highest BCUT2D eigenvalue weighted by atomic mass is 19.3. The minimum Gasteiger partial charge on any atom is -0.435 e. The molecule has 3 unspecified atom stereocenters. The van der Waals surface area contributed by atoms with E-state index in [4.69, 9.17) is 9.47 Å². The number of nitrogens with zero attached hydrogens (tertiary/aromatic N) is 1. The Labute approximate surface area is 145 Å². The Morgan fingerprint density at radius 1 is 1.32 bits per heavy atom. The quantitative estimate of drug-likeness (QED) is 0.814. The Morgan fingerprint density at radius 2 is 2.12 bits per heavy atom. The Hall–Kier alpha value is -1.73. The van der Waals surface area contributed by atoms with E-state index in [9.17, 15) is 13.6 Å². The van der Waals surface area contributed by atoms with Crippen LogP contribution >= 0.6 is 0 Å². The summed E-state index contributed by atoms with van der Waals surface area (Å²) in [5.41, 5.74) is -0.00788. The molecule has 5 nitrogen and oxygen atoms in total. The molecule has 1 aliphatic carbocycles. The van der Waals surface area contributed by atoms with Gasteiger partial charge in [-0.1, -0.05) is 6.07 Å². The number of carbonyl (C=O) groups is 1. The van der Waals surface area contributed by atoms with Crippen LogP contribution < -0.4 is 4.74 Å². The molecule has 1 aromatic rings. The Kier molecular flexibility index (Phi) is 5.24. The van der Waals surface area contributed by atoms with Crippen molar-refractivity contribution in [3.8, 4) is 5.75 Å². The van der Waals surface area contributed by atoms with Crippen molar-refractivity contribution in [2.75, 3.05) is 20.8 Å². The molecule has 1 amide bonds. The number of ether oxygens (including phenoxy) is 3. The maximum atomic E-state index is 13.0. The van der Waals surface area contributed by atoms with Crippen LogP contribution in [-0.2, 0) is 9.47 Å². The first kappa shape index (κ1) is 18.1. The molecule has 1 saturated heterocycles. The van der Waals surface area contributed by atoms with Gasteiger partial charge in [-0.2, -0.15) is 8.78 Å². The molecular weight excluding hydrogens is 332 g/mol. The van der Waals surface area contributed by atoms with E-state index in [1.54, 1.807) is 31.3 Å². The van der Waals surface area contributed by atoms with Gasteiger partial charge in [0.25, 0.3) is 5.91 Å². The number of hydrogen-bond donors (Lipinski definition) is 0. The largest absolute Gasteiger partial charge is 0.435 e. The Morgan fingerprint density at radius 3 is 2.80 bits per heavy atom. The van der Waals surface area contributed by atoms with Crippen LogP contribution in [0.1, 0.15) is 36.0 Å². The van der Waals surface area contributed by atoms with E-state index in [1.807, 2.05) is 0 Å². The smallest absolute Gasteiger partial charge is 0.387 e. The van der Waals surface area contributed by atoms with Crippen LogP contribution in [0.15, 0.2) is 24.3 Å². The van der Waals surface area contributed by atoms with E-state index in [-0.39, 0.29) is 29.4 Å². The second-order valence-electron chi connectivity index (χ2n) is 6.57. The topological polar surface area (TPSA) is 48.0 Å². The molecule has 2 aliphatic rings. The zero-order valence-electron chi connectivity index (χ0n) is 14.4. The number of methoxy groups -OCH3 is 2. The number of fused-ring (bicyclic) bond motifs is 1. The van der Waals surface area contributed by atoms with Crippen LogP contribution in [0, 0.1) is 0 Å². The Bertz CT molecular complexity index is 627. The fourth-order valence-corrected chi connectivity index (χ4v) is 4.09. The normalized spacial score (nSPS) is 28.9. The summed E-state index contributed by atoms with van der Waals surface area (Å²) in [4.78, 5) is 14.8. The van der Waals surface area contributed by atoms with Gasteiger partial charge in [0.1, 0.15) is 5.75 Å². The maximum absolute atomic E-state index is 13.0. The summed E-state index contributed by atoms with van der Waals surface area (Å²) >= 11 is 0. The molecule has 3 rings (SSSR count). The number of hydrogen-bond acceptors (Lipinski definition) is 4. The molecule has 1 aliphatic heterocycles. The number of rotatable bonds is 5. The molecule has 1 saturated carbocycles. The van der Waals surface area contributed by atoms with Crippen LogP contribution in [0.5, 0.6) is 5.75 Å². The summed E-state index contributed by atoms with van der Waals surface area (Å²) in [6, 6.07) is 5.85. The molecule has 1 aromatic carbocycles. The van der Waals surface area contributed by atoms with Gasteiger partial charge in [-0.05, 0) is 43.9 Å². The minimum atomic E-state index is -2.92. The molecule has 25 heavy (non-hydrogen) atoms. The van der Waals surface area contributed by atoms with E-state index in [0.29, 0.717) is 18.5 Å². The lowest BCUT2D eigenvalue weighted by Gasteiger charge is -2.43. The van der Waals surface area contributed by atoms with Crippen molar-refractivity contribution in [2.45, 2.75) is 50.0 Å². The Balaban J connectivity index is 1.82. The van der Waals surface area contributed by atoms with Crippen molar-refractivity contribution in [3.63, 3.8) is 0 Å². The summed E-state index contributed by atoms with van der Waals surface area (Å²) < 4.78 is 40.5. The zero-order valence-corrected chi connectivity index (χ0v) is 14.4. The zero-order chi connectivity index (χ0) is 18.0. The van der Waals surface area contributed by atoms with E-state index in [0.717, 1.165) is 19.3 Å². The van der Waals surface area contributed by atoms with Crippen molar-refractivity contribution in [1.82, 2.24) is 4.90 Å². The molecule has 0 aromatic heterocycles. The molecule has 3 atom stereocenters. The van der Waals surface area contributed by atoms with Crippen molar-refractivity contribution in [3.05, 3.63) is 29.8 Å². The van der Waals surface area contributed by atoms with Gasteiger partial charge < -0.3 is 19.1 Å². The van der Waals surface area contributed by atoms with Gasteiger partial charge in [-0.15, -0.1) is 0 Å². The summed E-state index contributed by atoms with van der Waals surface area (Å²) in [6.07, 6.45) is 3.31. The summed E-state index contributed by atoms with van der Waals surface area (Å²) in [6.45, 7) is -2.34. The average Bonchev–Trinajstić information content (AvgIpc) is 2.99. The second kappa shape index (κ2) is 7.25. The number of alkyl halides is 2. The highest BCUT2D eigenvalue weighted by Gasteiger charge is 2.52. The highest BCUT2D eigenvalue weighted by Crippen LogP contribution is 2.43. The molecule has 7 heteroatoms. The first-order chi connectivity index (χ1) is 12.0. The highest BCUT2D eigenvalue weighted by molar-refractivity contribution is 5.95. The summed E-state index contributed by atoms with van der Waals surface area (Å²) in [5, 5.41) is 0. The van der Waals surface area contributed by atoms with Gasteiger partial charge in [-0.3, -0.25) is 4.79 Å². The number of carbonyl (C=O) groups excluding carboxylic acids is 1. The van der Waals surface area contributed by atoms with Crippen LogP contribution in [0.4, 0.5) is 8.78 Å². The van der Waals surface area contributed by atoms with Crippen LogP contribution in [0.25, 0.3) is 0 Å². The molecule has 1 heterocycles. The third kappa shape index (κ3) is 3.48. The summed E-state index contributed by atoms with van der Waals surface area (Å²) in [5.74, 6) is -0.211.